The molecule has 5 rings (SSSR count). The molecule has 0 fully saturated rings. The minimum absolute atomic E-state index is 0.157. The Morgan fingerprint density at radius 3 is 3.00 bits per heavy atom. The fourth-order valence-electron chi connectivity index (χ4n) is 4.05. The van der Waals surface area contributed by atoms with Crippen LogP contribution in [0.25, 0.3) is 22.6 Å². The summed E-state index contributed by atoms with van der Waals surface area (Å²) in [7, 11) is 0. The lowest BCUT2D eigenvalue weighted by molar-refractivity contribution is -0.113. The zero-order valence-electron chi connectivity index (χ0n) is 17.9. The summed E-state index contributed by atoms with van der Waals surface area (Å²) in [4.78, 5) is 13.9. The maximum atomic E-state index is 12.7. The highest BCUT2D eigenvalue weighted by Crippen LogP contribution is 2.38. The number of aromatic nitrogens is 3. The van der Waals surface area contributed by atoms with Crippen LogP contribution in [0, 0.1) is 11.3 Å². The molecule has 0 spiro atoms. The van der Waals surface area contributed by atoms with Crippen molar-refractivity contribution in [2.45, 2.75) is 44.3 Å². The first-order chi connectivity index (χ1) is 16.1. The van der Waals surface area contributed by atoms with Crippen LogP contribution in [0.1, 0.15) is 35.8 Å². The van der Waals surface area contributed by atoms with Gasteiger partial charge in [0.05, 0.1) is 11.3 Å². The van der Waals surface area contributed by atoms with Crippen molar-refractivity contribution in [1.29, 1.82) is 5.26 Å². The zero-order chi connectivity index (χ0) is 22.9. The van der Waals surface area contributed by atoms with Crippen molar-refractivity contribution in [1.82, 2.24) is 14.8 Å². The largest absolute Gasteiger partial charge is 0.453 e. The van der Waals surface area contributed by atoms with E-state index in [-0.39, 0.29) is 11.7 Å². The predicted molar refractivity (Wildman–Crippen MR) is 134 cm³/mol. The standard InChI is InChI=1S/C23H20BrN5O2S2/c1-2-29-21(18-10-13-9-14(24)7-8-17(13)31-18)27-28-23(29)32-12-20(30)26-22-16(11-25)15-5-3-4-6-19(15)33-22/h7-10H,2-6,12H2,1H3,(H,26,30). The molecular formula is C23H20BrN5O2S2. The summed E-state index contributed by atoms with van der Waals surface area (Å²) in [6, 6.07) is 10.1. The second kappa shape index (κ2) is 9.33. The van der Waals surface area contributed by atoms with Gasteiger partial charge >= 0.3 is 0 Å². The zero-order valence-corrected chi connectivity index (χ0v) is 21.1. The lowest BCUT2D eigenvalue weighted by Gasteiger charge is -2.09. The minimum atomic E-state index is -0.157. The van der Waals surface area contributed by atoms with E-state index >= 15 is 0 Å². The Labute approximate surface area is 207 Å². The third kappa shape index (κ3) is 4.33. The fraction of sp³-hybridized carbons (Fsp3) is 0.304. The third-order valence-electron chi connectivity index (χ3n) is 5.60. The Morgan fingerprint density at radius 2 is 2.18 bits per heavy atom. The van der Waals surface area contributed by atoms with Crippen LogP contribution in [-0.2, 0) is 24.2 Å². The van der Waals surface area contributed by atoms with E-state index < -0.39 is 0 Å². The molecule has 0 aliphatic heterocycles. The number of aryl methyl sites for hydroxylation is 1. The molecule has 0 bridgehead atoms. The van der Waals surface area contributed by atoms with E-state index in [1.165, 1.54) is 28.0 Å². The summed E-state index contributed by atoms with van der Waals surface area (Å²) < 4.78 is 8.89. The van der Waals surface area contributed by atoms with E-state index in [9.17, 15) is 10.1 Å². The first-order valence-corrected chi connectivity index (χ1v) is 13.3. The van der Waals surface area contributed by atoms with Gasteiger partial charge in [-0.05, 0) is 62.4 Å². The number of amides is 1. The van der Waals surface area contributed by atoms with Gasteiger partial charge in [0, 0.05) is 21.3 Å². The van der Waals surface area contributed by atoms with Crippen molar-refractivity contribution in [3.8, 4) is 17.7 Å². The van der Waals surface area contributed by atoms with Gasteiger partial charge in [0.2, 0.25) is 11.7 Å². The maximum absolute atomic E-state index is 12.7. The van der Waals surface area contributed by atoms with Crippen LogP contribution < -0.4 is 5.32 Å². The average molecular weight is 542 g/mol. The van der Waals surface area contributed by atoms with E-state index in [0.29, 0.717) is 33.9 Å². The van der Waals surface area contributed by atoms with Gasteiger partial charge in [-0.15, -0.1) is 21.5 Å². The number of hydrogen-bond donors (Lipinski definition) is 1. The van der Waals surface area contributed by atoms with Gasteiger partial charge in [0.25, 0.3) is 0 Å². The summed E-state index contributed by atoms with van der Waals surface area (Å²) in [6.07, 6.45) is 4.14. The molecule has 1 aromatic carbocycles. The van der Waals surface area contributed by atoms with Gasteiger partial charge in [-0.3, -0.25) is 9.36 Å². The fourth-order valence-corrected chi connectivity index (χ4v) is 6.49. The SMILES string of the molecule is CCn1c(SCC(=O)Nc2sc3c(c2C#N)CCCC3)nnc1-c1cc2cc(Br)ccc2o1. The number of nitriles is 1. The summed E-state index contributed by atoms with van der Waals surface area (Å²) in [5, 5.41) is 23.5. The topological polar surface area (TPSA) is 96.7 Å². The quantitative estimate of drug-likeness (QED) is 0.300. The molecule has 10 heteroatoms. The van der Waals surface area contributed by atoms with E-state index in [1.807, 2.05) is 35.8 Å². The average Bonchev–Trinajstić information content (AvgIpc) is 3.50. The Bertz CT molecular complexity index is 1400. The molecule has 3 aromatic heterocycles. The number of benzene rings is 1. The van der Waals surface area contributed by atoms with Crippen LogP contribution in [-0.4, -0.2) is 26.4 Å². The predicted octanol–water partition coefficient (Wildman–Crippen LogP) is 6.02. The van der Waals surface area contributed by atoms with Gasteiger partial charge in [0.15, 0.2) is 10.9 Å². The van der Waals surface area contributed by atoms with Crippen molar-refractivity contribution < 1.29 is 9.21 Å². The lowest BCUT2D eigenvalue weighted by Crippen LogP contribution is -2.14. The molecule has 0 saturated heterocycles. The number of nitrogens with one attached hydrogen (secondary N) is 1. The molecule has 0 radical (unpaired) electrons. The van der Waals surface area contributed by atoms with Gasteiger partial charge in [-0.1, -0.05) is 27.7 Å². The molecule has 1 amide bonds. The van der Waals surface area contributed by atoms with Crippen LogP contribution in [0.5, 0.6) is 0 Å². The molecule has 0 unspecified atom stereocenters. The third-order valence-corrected chi connectivity index (χ3v) is 8.27. The Hall–Kier alpha value is -2.61. The summed E-state index contributed by atoms with van der Waals surface area (Å²) in [6.45, 7) is 2.65. The second-order valence-corrected chi connectivity index (χ2v) is 10.7. The highest BCUT2D eigenvalue weighted by atomic mass is 79.9. The second-order valence-electron chi connectivity index (χ2n) is 7.71. The summed E-state index contributed by atoms with van der Waals surface area (Å²) >= 11 is 6.34. The van der Waals surface area contributed by atoms with Crippen molar-refractivity contribution in [2.24, 2.45) is 0 Å². The number of halogens is 1. The first kappa shape index (κ1) is 22.2. The van der Waals surface area contributed by atoms with Crippen molar-refractivity contribution in [3.63, 3.8) is 0 Å². The highest BCUT2D eigenvalue weighted by Gasteiger charge is 2.22. The van der Waals surface area contributed by atoms with Crippen LogP contribution in [0.3, 0.4) is 0 Å². The van der Waals surface area contributed by atoms with E-state index in [4.69, 9.17) is 4.42 Å². The van der Waals surface area contributed by atoms with Crippen LogP contribution in [0.2, 0.25) is 0 Å². The molecular weight excluding hydrogens is 522 g/mol. The van der Waals surface area contributed by atoms with Crippen LogP contribution in [0.4, 0.5) is 5.00 Å². The number of nitrogens with zero attached hydrogens (tertiary/aromatic N) is 4. The molecule has 1 aliphatic rings. The van der Waals surface area contributed by atoms with Gasteiger partial charge in [-0.25, -0.2) is 0 Å². The number of carbonyl (C=O) groups excluding carboxylic acids is 1. The van der Waals surface area contributed by atoms with Crippen molar-refractivity contribution in [2.75, 3.05) is 11.1 Å². The van der Waals surface area contributed by atoms with E-state index in [2.05, 4.69) is 37.5 Å². The molecule has 0 saturated carbocycles. The van der Waals surface area contributed by atoms with Gasteiger partial charge < -0.3 is 9.73 Å². The van der Waals surface area contributed by atoms with Crippen molar-refractivity contribution >= 4 is 60.9 Å². The smallest absolute Gasteiger partial charge is 0.235 e. The van der Waals surface area contributed by atoms with Crippen LogP contribution >= 0.6 is 39.0 Å². The van der Waals surface area contributed by atoms with Crippen LogP contribution in [0.15, 0.2) is 38.3 Å². The van der Waals surface area contributed by atoms with E-state index in [0.717, 1.165) is 46.7 Å². The van der Waals surface area contributed by atoms with Gasteiger partial charge in [0.1, 0.15) is 16.7 Å². The number of carbonyl (C=O) groups is 1. The number of anilines is 1. The molecule has 3 heterocycles. The molecule has 168 valence electrons. The van der Waals surface area contributed by atoms with E-state index in [1.54, 1.807) is 0 Å². The Kier molecular flexibility index (Phi) is 6.27. The Balaban J connectivity index is 1.31. The molecule has 0 atom stereocenters. The molecule has 1 aliphatic carbocycles. The van der Waals surface area contributed by atoms with Gasteiger partial charge in [-0.2, -0.15) is 5.26 Å². The molecule has 1 N–H and O–H groups in total. The summed E-state index contributed by atoms with van der Waals surface area (Å²) in [5.74, 6) is 1.29. The van der Waals surface area contributed by atoms with Crippen molar-refractivity contribution in [3.05, 3.63) is 44.7 Å². The maximum Gasteiger partial charge on any atom is 0.235 e. The highest BCUT2D eigenvalue weighted by molar-refractivity contribution is 9.10. The molecule has 33 heavy (non-hydrogen) atoms. The lowest BCUT2D eigenvalue weighted by atomic mass is 9.96. The molecule has 7 nitrogen and oxygen atoms in total. The normalized spacial score (nSPS) is 13.1. The number of rotatable bonds is 6. The molecule has 4 aromatic rings. The number of furan rings is 1. The first-order valence-electron chi connectivity index (χ1n) is 10.7. The Morgan fingerprint density at radius 1 is 1.33 bits per heavy atom. The number of thioether (sulfide) groups is 1. The number of hydrogen-bond acceptors (Lipinski definition) is 7. The number of fused-ring (bicyclic) bond motifs is 2. The minimum Gasteiger partial charge on any atom is -0.453 e. The monoisotopic (exact) mass is 541 g/mol. The number of thiophene rings is 1. The summed E-state index contributed by atoms with van der Waals surface area (Å²) in [5.41, 5.74) is 2.52.